The lowest BCUT2D eigenvalue weighted by Gasteiger charge is -2.17. The first-order valence-electron chi connectivity index (χ1n) is 8.43. The largest absolute Gasteiger partial charge is 0.491 e. The van der Waals surface area contributed by atoms with Crippen molar-refractivity contribution in [3.05, 3.63) is 48.0 Å². The highest BCUT2D eigenvalue weighted by Crippen LogP contribution is 2.18. The topological polar surface area (TPSA) is 39.5 Å². The Hall–Kier alpha value is -1.99. The van der Waals surface area contributed by atoms with Crippen LogP contribution in [-0.2, 0) is 17.8 Å². The molecule has 2 heterocycles. The highest BCUT2D eigenvalue weighted by atomic mass is 19.3. The van der Waals surface area contributed by atoms with Crippen molar-refractivity contribution < 1.29 is 18.3 Å². The van der Waals surface area contributed by atoms with Crippen LogP contribution in [0.15, 0.2) is 36.7 Å². The van der Waals surface area contributed by atoms with Gasteiger partial charge < -0.3 is 9.47 Å². The zero-order chi connectivity index (χ0) is 17.6. The van der Waals surface area contributed by atoms with Gasteiger partial charge in [0.15, 0.2) is 0 Å². The van der Waals surface area contributed by atoms with Crippen molar-refractivity contribution in [2.24, 2.45) is 0 Å². The van der Waals surface area contributed by atoms with Crippen molar-refractivity contribution in [1.82, 2.24) is 14.5 Å². The number of hydrogen-bond donors (Lipinski definition) is 0. The molecule has 2 aromatic rings. The second-order valence-corrected chi connectivity index (χ2v) is 6.29. The summed E-state index contributed by atoms with van der Waals surface area (Å²) in [6.07, 6.45) is 5.05. The van der Waals surface area contributed by atoms with Gasteiger partial charge in [0, 0.05) is 25.5 Å². The fourth-order valence-corrected chi connectivity index (χ4v) is 2.91. The molecule has 0 amide bonds. The van der Waals surface area contributed by atoms with Crippen LogP contribution >= 0.6 is 0 Å². The fraction of sp³-hybridized carbons (Fsp3) is 0.500. The molecule has 0 saturated carbocycles. The molecule has 3 rings (SSSR count). The van der Waals surface area contributed by atoms with Crippen LogP contribution in [-0.4, -0.2) is 40.8 Å². The van der Waals surface area contributed by atoms with Crippen LogP contribution < -0.4 is 4.74 Å². The van der Waals surface area contributed by atoms with Crippen LogP contribution in [0.5, 0.6) is 5.75 Å². The number of ether oxygens (including phenoxy) is 2. The van der Waals surface area contributed by atoms with E-state index in [9.17, 15) is 8.78 Å². The molecule has 0 N–H and O–H groups in total. The lowest BCUT2D eigenvalue weighted by atomic mass is 10.2. The van der Waals surface area contributed by atoms with Crippen LogP contribution in [0.2, 0.25) is 0 Å². The lowest BCUT2D eigenvalue weighted by Crippen LogP contribution is -2.20. The van der Waals surface area contributed by atoms with E-state index in [0.29, 0.717) is 25.5 Å². The zero-order valence-electron chi connectivity index (χ0n) is 14.3. The highest BCUT2D eigenvalue weighted by molar-refractivity contribution is 5.27. The second-order valence-electron chi connectivity index (χ2n) is 6.29. The summed E-state index contributed by atoms with van der Waals surface area (Å²) in [6, 6.07) is 7.83. The monoisotopic (exact) mass is 351 g/mol. The third kappa shape index (κ3) is 4.99. The van der Waals surface area contributed by atoms with Crippen LogP contribution in [0.1, 0.15) is 30.8 Å². The van der Waals surface area contributed by atoms with Gasteiger partial charge in [-0.2, -0.15) is 8.78 Å². The number of imidazole rings is 1. The number of hydrogen-bond acceptors (Lipinski definition) is 4. The molecule has 1 fully saturated rings. The highest BCUT2D eigenvalue weighted by Gasteiger charge is 2.16. The van der Waals surface area contributed by atoms with Gasteiger partial charge in [0.05, 0.1) is 12.6 Å². The average molecular weight is 351 g/mol. The van der Waals surface area contributed by atoms with Crippen molar-refractivity contribution in [1.29, 1.82) is 0 Å². The Balaban J connectivity index is 1.49. The van der Waals surface area contributed by atoms with Crippen LogP contribution in [0.25, 0.3) is 0 Å². The number of benzene rings is 1. The summed E-state index contributed by atoms with van der Waals surface area (Å²) in [4.78, 5) is 5.95. The van der Waals surface area contributed by atoms with E-state index in [1.54, 1.807) is 0 Å². The molecular formula is C18H23F2N3O2. The van der Waals surface area contributed by atoms with Crippen molar-refractivity contribution >= 4 is 0 Å². The first-order chi connectivity index (χ1) is 12.1. The standard InChI is InChI=1S/C18H23F2N3O2/c1-22(12-17-21-8-9-23(17)18(19)20)11-14-4-6-15(7-5-14)25-13-16-3-2-10-24-16/h4-9,16,18H,2-3,10-13H2,1H3. The molecule has 0 radical (unpaired) electrons. The maximum atomic E-state index is 12.8. The summed E-state index contributed by atoms with van der Waals surface area (Å²) >= 11 is 0. The second kappa shape index (κ2) is 8.40. The molecule has 136 valence electrons. The first kappa shape index (κ1) is 17.8. The summed E-state index contributed by atoms with van der Waals surface area (Å²) in [6.45, 7) is -0.166. The van der Waals surface area contributed by atoms with E-state index in [1.807, 2.05) is 36.2 Å². The van der Waals surface area contributed by atoms with E-state index in [-0.39, 0.29) is 6.10 Å². The van der Waals surface area contributed by atoms with Crippen LogP contribution in [0.3, 0.4) is 0 Å². The van der Waals surface area contributed by atoms with E-state index < -0.39 is 6.55 Å². The van der Waals surface area contributed by atoms with Crippen molar-refractivity contribution in [3.8, 4) is 5.75 Å². The Bertz CT molecular complexity index is 655. The minimum atomic E-state index is -2.56. The summed E-state index contributed by atoms with van der Waals surface area (Å²) in [5.41, 5.74) is 1.09. The maximum Gasteiger partial charge on any atom is 0.319 e. The number of aromatic nitrogens is 2. The molecule has 1 aliphatic heterocycles. The zero-order valence-corrected chi connectivity index (χ0v) is 14.3. The van der Waals surface area contributed by atoms with Gasteiger partial charge in [-0.05, 0) is 37.6 Å². The van der Waals surface area contributed by atoms with E-state index in [4.69, 9.17) is 9.47 Å². The number of alkyl halides is 2. The van der Waals surface area contributed by atoms with E-state index in [2.05, 4.69) is 4.98 Å². The molecule has 0 aliphatic carbocycles. The summed E-state index contributed by atoms with van der Waals surface area (Å²) < 4.78 is 37.9. The van der Waals surface area contributed by atoms with Gasteiger partial charge in [-0.25, -0.2) is 4.98 Å². The Morgan fingerprint density at radius 1 is 1.32 bits per heavy atom. The average Bonchev–Trinajstić information content (AvgIpc) is 3.25. The van der Waals surface area contributed by atoms with Gasteiger partial charge in [0.2, 0.25) is 0 Å². The smallest absolute Gasteiger partial charge is 0.319 e. The maximum absolute atomic E-state index is 12.8. The minimum Gasteiger partial charge on any atom is -0.491 e. The van der Waals surface area contributed by atoms with Gasteiger partial charge in [-0.15, -0.1) is 0 Å². The number of nitrogens with zero attached hydrogens (tertiary/aromatic N) is 3. The predicted molar refractivity (Wildman–Crippen MR) is 89.6 cm³/mol. The molecular weight excluding hydrogens is 328 g/mol. The fourth-order valence-electron chi connectivity index (χ4n) is 2.91. The molecule has 25 heavy (non-hydrogen) atoms. The van der Waals surface area contributed by atoms with Crippen LogP contribution in [0, 0.1) is 0 Å². The van der Waals surface area contributed by atoms with Gasteiger partial charge >= 0.3 is 6.55 Å². The summed E-state index contributed by atoms with van der Waals surface area (Å²) in [5.74, 6) is 1.17. The quantitative estimate of drug-likeness (QED) is 0.730. The third-order valence-electron chi connectivity index (χ3n) is 4.21. The molecule has 1 aliphatic rings. The molecule has 1 aromatic heterocycles. The van der Waals surface area contributed by atoms with Gasteiger partial charge in [-0.3, -0.25) is 9.47 Å². The number of rotatable bonds is 8. The number of halogens is 2. The van der Waals surface area contributed by atoms with E-state index >= 15 is 0 Å². The Morgan fingerprint density at radius 3 is 2.80 bits per heavy atom. The summed E-state index contributed by atoms with van der Waals surface area (Å²) in [5, 5.41) is 0. The molecule has 0 bridgehead atoms. The minimum absolute atomic E-state index is 0.199. The SMILES string of the molecule is CN(Cc1ccc(OCC2CCCO2)cc1)Cc1nccn1C(F)F. The summed E-state index contributed by atoms with van der Waals surface area (Å²) in [7, 11) is 1.88. The van der Waals surface area contributed by atoms with Crippen LogP contribution in [0.4, 0.5) is 8.78 Å². The molecule has 7 heteroatoms. The van der Waals surface area contributed by atoms with E-state index in [0.717, 1.165) is 35.3 Å². The molecule has 1 atom stereocenters. The molecule has 1 unspecified atom stereocenters. The van der Waals surface area contributed by atoms with E-state index in [1.165, 1.54) is 12.4 Å². The Kier molecular flexibility index (Phi) is 5.99. The molecule has 1 saturated heterocycles. The molecule has 1 aromatic carbocycles. The van der Waals surface area contributed by atoms with Crippen molar-refractivity contribution in [2.75, 3.05) is 20.3 Å². The predicted octanol–water partition coefficient (Wildman–Crippen LogP) is 3.47. The van der Waals surface area contributed by atoms with Gasteiger partial charge in [0.25, 0.3) is 0 Å². The molecule has 0 spiro atoms. The Labute approximate surface area is 146 Å². The Morgan fingerprint density at radius 2 is 2.12 bits per heavy atom. The molecule has 5 nitrogen and oxygen atoms in total. The van der Waals surface area contributed by atoms with Crippen molar-refractivity contribution in [3.63, 3.8) is 0 Å². The van der Waals surface area contributed by atoms with Crippen molar-refractivity contribution in [2.45, 2.75) is 38.6 Å². The third-order valence-corrected chi connectivity index (χ3v) is 4.21. The normalized spacial score (nSPS) is 17.6. The van der Waals surface area contributed by atoms with Gasteiger partial charge in [0.1, 0.15) is 18.2 Å². The van der Waals surface area contributed by atoms with Gasteiger partial charge in [-0.1, -0.05) is 12.1 Å². The lowest BCUT2D eigenvalue weighted by molar-refractivity contribution is 0.0644. The first-order valence-corrected chi connectivity index (χ1v) is 8.43.